The van der Waals surface area contributed by atoms with Gasteiger partial charge in [-0.05, 0) is 25.0 Å². The second-order valence-corrected chi connectivity index (χ2v) is 6.10. The maximum absolute atomic E-state index is 10.4. The largest absolute Gasteiger partial charge is 0.503 e. The van der Waals surface area contributed by atoms with Crippen molar-refractivity contribution in [2.24, 2.45) is 0 Å². The van der Waals surface area contributed by atoms with E-state index in [4.69, 9.17) is 0 Å². The zero-order valence-electron chi connectivity index (χ0n) is 9.82. The zero-order valence-corrected chi connectivity index (χ0v) is 10.7. The summed E-state index contributed by atoms with van der Waals surface area (Å²) in [6.07, 6.45) is 0. The second-order valence-electron chi connectivity index (χ2n) is 4.12. The van der Waals surface area contributed by atoms with E-state index in [1.807, 2.05) is 54.6 Å². The molecule has 0 saturated heterocycles. The maximum atomic E-state index is 10.4. The van der Waals surface area contributed by atoms with E-state index in [0.717, 1.165) is 11.1 Å². The lowest BCUT2D eigenvalue weighted by Gasteiger charge is -2.03. The normalized spacial score (nSPS) is 11.4. The second kappa shape index (κ2) is 4.72. The van der Waals surface area contributed by atoms with Crippen LogP contribution in [0.4, 0.5) is 0 Å². The first-order valence-electron chi connectivity index (χ1n) is 5.87. The summed E-state index contributed by atoms with van der Waals surface area (Å²) in [6, 6.07) is 22.2. The lowest BCUT2D eigenvalue weighted by molar-refractivity contribution is 0.492. The molecule has 0 fully saturated rings. The van der Waals surface area contributed by atoms with Gasteiger partial charge in [-0.15, -0.1) is 0 Å². The Morgan fingerprint density at radius 3 is 2.00 bits per heavy atom. The van der Waals surface area contributed by atoms with Crippen molar-refractivity contribution in [1.29, 1.82) is 0 Å². The minimum atomic E-state index is -0.710. The molecule has 3 aromatic rings. The monoisotopic (exact) mass is 252 g/mol. The lowest BCUT2D eigenvalue weighted by Crippen LogP contribution is -1.72. The van der Waals surface area contributed by atoms with E-state index >= 15 is 0 Å². The highest BCUT2D eigenvalue weighted by Crippen LogP contribution is 2.53. The van der Waals surface area contributed by atoms with E-state index in [1.54, 1.807) is 0 Å². The summed E-state index contributed by atoms with van der Waals surface area (Å²) >= 11 is 0. The Morgan fingerprint density at radius 2 is 1.33 bits per heavy atom. The van der Waals surface area contributed by atoms with Crippen LogP contribution in [0.2, 0.25) is 0 Å². The third kappa shape index (κ3) is 1.94. The standard InChI is InChI=1S/C16H13OP/c17-16-15(13-7-3-1-4-8-13)11-12-18(16)14-9-5-2-6-10-14/h1-12,17H. The molecule has 0 amide bonds. The van der Waals surface area contributed by atoms with E-state index in [0.29, 0.717) is 5.48 Å². The third-order valence-electron chi connectivity index (χ3n) is 2.98. The molecule has 2 aromatic carbocycles. The SMILES string of the molecule is Oc1c(-c2ccccc2)ccp1-c1ccccc1. The van der Waals surface area contributed by atoms with Crippen LogP contribution in [-0.4, -0.2) is 5.11 Å². The van der Waals surface area contributed by atoms with Crippen LogP contribution in [0.15, 0.2) is 72.5 Å². The molecular formula is C16H13OP. The smallest absolute Gasteiger partial charge is 0.146 e. The van der Waals surface area contributed by atoms with E-state index in [-0.39, 0.29) is 0 Å². The predicted octanol–water partition coefficient (Wildman–Crippen LogP) is 5.04. The van der Waals surface area contributed by atoms with Crippen molar-refractivity contribution >= 4 is 7.53 Å². The van der Waals surface area contributed by atoms with Crippen LogP contribution in [0.1, 0.15) is 0 Å². The fourth-order valence-electron chi connectivity index (χ4n) is 2.06. The van der Waals surface area contributed by atoms with E-state index in [9.17, 15) is 5.11 Å². The van der Waals surface area contributed by atoms with Gasteiger partial charge in [0.1, 0.15) is 5.48 Å². The van der Waals surface area contributed by atoms with Crippen LogP contribution in [0.5, 0.6) is 5.48 Å². The molecule has 3 rings (SSSR count). The molecule has 1 nitrogen and oxygen atoms in total. The third-order valence-corrected chi connectivity index (χ3v) is 4.98. The fraction of sp³-hybridized carbons (Fsp3) is 0. The number of hydrogen-bond acceptors (Lipinski definition) is 1. The van der Waals surface area contributed by atoms with Gasteiger partial charge in [0, 0.05) is 10.9 Å². The number of benzene rings is 2. The molecule has 0 aliphatic heterocycles. The van der Waals surface area contributed by atoms with Crippen molar-refractivity contribution in [1.82, 2.24) is 0 Å². The molecule has 2 heteroatoms. The first kappa shape index (κ1) is 11.1. The van der Waals surface area contributed by atoms with Crippen molar-refractivity contribution in [3.63, 3.8) is 0 Å². The lowest BCUT2D eigenvalue weighted by atomic mass is 10.1. The highest BCUT2D eigenvalue weighted by atomic mass is 31.1. The van der Waals surface area contributed by atoms with E-state index in [2.05, 4.69) is 17.9 Å². The Kier molecular flexibility index (Phi) is 2.92. The van der Waals surface area contributed by atoms with E-state index in [1.165, 1.54) is 5.30 Å². The van der Waals surface area contributed by atoms with Crippen LogP contribution >= 0.6 is 7.53 Å². The van der Waals surface area contributed by atoms with Gasteiger partial charge in [-0.1, -0.05) is 60.7 Å². The van der Waals surface area contributed by atoms with Gasteiger partial charge in [-0.2, -0.15) is 0 Å². The average Bonchev–Trinajstić information content (AvgIpc) is 2.83. The molecule has 88 valence electrons. The Balaban J connectivity index is 2.09. The molecule has 1 unspecified atom stereocenters. The van der Waals surface area contributed by atoms with Gasteiger partial charge in [0.25, 0.3) is 0 Å². The summed E-state index contributed by atoms with van der Waals surface area (Å²) in [5.41, 5.74) is 2.53. The minimum Gasteiger partial charge on any atom is -0.503 e. The maximum Gasteiger partial charge on any atom is 0.146 e. The predicted molar refractivity (Wildman–Crippen MR) is 77.6 cm³/mol. The van der Waals surface area contributed by atoms with Crippen molar-refractivity contribution in [2.75, 3.05) is 0 Å². The Labute approximate surface area is 107 Å². The summed E-state index contributed by atoms with van der Waals surface area (Å²) in [5, 5.41) is 11.6. The van der Waals surface area contributed by atoms with Crippen molar-refractivity contribution in [3.8, 4) is 21.9 Å². The van der Waals surface area contributed by atoms with Gasteiger partial charge in [0.15, 0.2) is 0 Å². The molecule has 0 radical (unpaired) electrons. The quantitative estimate of drug-likeness (QED) is 0.677. The van der Waals surface area contributed by atoms with Gasteiger partial charge >= 0.3 is 0 Å². The Hall–Kier alpha value is -1.98. The average molecular weight is 252 g/mol. The molecule has 18 heavy (non-hydrogen) atoms. The van der Waals surface area contributed by atoms with Crippen LogP contribution in [-0.2, 0) is 0 Å². The Morgan fingerprint density at radius 1 is 0.722 bits per heavy atom. The van der Waals surface area contributed by atoms with Gasteiger partial charge in [0.2, 0.25) is 0 Å². The van der Waals surface area contributed by atoms with Crippen molar-refractivity contribution in [3.05, 3.63) is 72.5 Å². The molecule has 1 atom stereocenters. The molecule has 0 bridgehead atoms. The summed E-state index contributed by atoms with van der Waals surface area (Å²) in [7, 11) is -0.710. The highest BCUT2D eigenvalue weighted by molar-refractivity contribution is 7.58. The summed E-state index contributed by atoms with van der Waals surface area (Å²) in [6.45, 7) is 0. The Bertz CT molecular complexity index is 584. The first-order valence-corrected chi connectivity index (χ1v) is 7.28. The topological polar surface area (TPSA) is 20.2 Å². The molecule has 0 saturated carbocycles. The summed E-state index contributed by atoms with van der Waals surface area (Å²) < 4.78 is 0. The van der Waals surface area contributed by atoms with Crippen molar-refractivity contribution in [2.45, 2.75) is 0 Å². The summed E-state index contributed by atoms with van der Waals surface area (Å²) in [4.78, 5) is 0. The molecule has 0 aliphatic rings. The molecule has 1 N–H and O–H groups in total. The first-order chi connectivity index (χ1) is 8.86. The van der Waals surface area contributed by atoms with Gasteiger partial charge in [-0.25, -0.2) is 0 Å². The molecule has 0 aliphatic carbocycles. The van der Waals surface area contributed by atoms with Gasteiger partial charge in [0.05, 0.1) is 0 Å². The molecule has 1 heterocycles. The number of aromatic hydroxyl groups is 1. The van der Waals surface area contributed by atoms with Gasteiger partial charge in [-0.3, -0.25) is 0 Å². The highest BCUT2D eigenvalue weighted by Gasteiger charge is 2.11. The molecule has 0 spiro atoms. The van der Waals surface area contributed by atoms with Crippen LogP contribution in [0.25, 0.3) is 16.4 Å². The summed E-state index contributed by atoms with van der Waals surface area (Å²) in [5.74, 6) is 2.11. The minimum absolute atomic E-state index is 0.502. The molecule has 1 aromatic heterocycles. The fourth-order valence-corrected chi connectivity index (χ4v) is 3.88. The number of rotatable bonds is 2. The van der Waals surface area contributed by atoms with Crippen LogP contribution in [0, 0.1) is 0 Å². The zero-order chi connectivity index (χ0) is 12.4. The van der Waals surface area contributed by atoms with Crippen LogP contribution in [0.3, 0.4) is 0 Å². The molecular weight excluding hydrogens is 239 g/mol. The van der Waals surface area contributed by atoms with E-state index < -0.39 is 7.53 Å². The number of hydrogen-bond donors (Lipinski definition) is 1. The van der Waals surface area contributed by atoms with Crippen molar-refractivity contribution < 1.29 is 5.11 Å². The van der Waals surface area contributed by atoms with Gasteiger partial charge < -0.3 is 5.11 Å². The van der Waals surface area contributed by atoms with Crippen LogP contribution < -0.4 is 0 Å².